The molecule has 0 aliphatic carbocycles. The van der Waals surface area contributed by atoms with E-state index in [1.54, 1.807) is 7.11 Å². The predicted molar refractivity (Wildman–Crippen MR) is 116 cm³/mol. The van der Waals surface area contributed by atoms with E-state index in [1.165, 1.54) is 11.8 Å². The Balaban J connectivity index is 1.67. The Bertz CT molecular complexity index is 882. The number of benzene rings is 2. The van der Waals surface area contributed by atoms with Crippen LogP contribution < -0.4 is 9.47 Å². The van der Waals surface area contributed by atoms with E-state index >= 15 is 0 Å². The molecule has 1 heterocycles. The summed E-state index contributed by atoms with van der Waals surface area (Å²) in [5.74, 6) is 3.29. The van der Waals surface area contributed by atoms with Gasteiger partial charge in [0.25, 0.3) is 0 Å². The molecule has 1 N–H and O–H groups in total. The molecule has 6 nitrogen and oxygen atoms in total. The average Bonchev–Trinajstić information content (AvgIpc) is 3.13. The summed E-state index contributed by atoms with van der Waals surface area (Å²) in [6, 6.07) is 17.3. The van der Waals surface area contributed by atoms with Gasteiger partial charge in [-0.25, -0.2) is 0 Å². The summed E-state index contributed by atoms with van der Waals surface area (Å²) in [7, 11) is 1.65. The van der Waals surface area contributed by atoms with Crippen molar-refractivity contribution in [3.8, 4) is 22.9 Å². The van der Waals surface area contributed by atoms with Crippen molar-refractivity contribution < 1.29 is 14.6 Å². The largest absolute Gasteiger partial charge is 0.497 e. The summed E-state index contributed by atoms with van der Waals surface area (Å²) in [6.45, 7) is 5.36. The number of ether oxygens (including phenoxy) is 2. The molecular formula is C22H27N3O3S. The summed E-state index contributed by atoms with van der Waals surface area (Å²) in [6.07, 6.45) is -0.603. The Kier molecular flexibility index (Phi) is 7.55. The van der Waals surface area contributed by atoms with Gasteiger partial charge in [0.2, 0.25) is 0 Å². The molecule has 0 bridgehead atoms. The minimum absolute atomic E-state index is 0.237. The molecule has 1 aromatic heterocycles. The normalized spacial score (nSPS) is 12.2. The van der Waals surface area contributed by atoms with Crippen LogP contribution in [0, 0.1) is 5.92 Å². The number of nitrogens with zero attached hydrogens (tertiary/aromatic N) is 3. The van der Waals surface area contributed by atoms with Crippen molar-refractivity contribution in [1.82, 2.24) is 14.8 Å². The monoisotopic (exact) mass is 413 g/mol. The van der Waals surface area contributed by atoms with Crippen LogP contribution in [0.5, 0.6) is 11.5 Å². The molecule has 0 aliphatic rings. The molecule has 0 unspecified atom stereocenters. The van der Waals surface area contributed by atoms with E-state index < -0.39 is 6.10 Å². The van der Waals surface area contributed by atoms with Crippen molar-refractivity contribution in [2.45, 2.75) is 31.7 Å². The minimum Gasteiger partial charge on any atom is -0.497 e. The van der Waals surface area contributed by atoms with Crippen molar-refractivity contribution in [3.63, 3.8) is 0 Å². The van der Waals surface area contributed by atoms with Crippen LogP contribution in [-0.2, 0) is 6.54 Å². The fourth-order valence-electron chi connectivity index (χ4n) is 2.81. The standard InChI is InChI=1S/C22H27N3O3S/c1-16(2)13-25-21(17-9-11-19(27-3)12-10-17)23-24-22(25)29-15-18(26)14-28-20-7-5-4-6-8-20/h4-12,16,18,26H,13-15H2,1-3H3/t18-/m1/s1. The van der Waals surface area contributed by atoms with Crippen LogP contribution >= 0.6 is 11.8 Å². The molecule has 154 valence electrons. The van der Waals surface area contributed by atoms with Gasteiger partial charge in [-0.1, -0.05) is 43.8 Å². The van der Waals surface area contributed by atoms with E-state index in [0.29, 0.717) is 11.7 Å². The van der Waals surface area contributed by atoms with Crippen LogP contribution in [0.25, 0.3) is 11.4 Å². The third kappa shape index (κ3) is 5.98. The van der Waals surface area contributed by atoms with Crippen molar-refractivity contribution >= 4 is 11.8 Å². The maximum Gasteiger partial charge on any atom is 0.191 e. The lowest BCUT2D eigenvalue weighted by Crippen LogP contribution is -2.20. The second-order valence-corrected chi connectivity index (χ2v) is 8.12. The lowest BCUT2D eigenvalue weighted by molar-refractivity contribution is 0.126. The number of para-hydroxylation sites is 1. The second-order valence-electron chi connectivity index (χ2n) is 7.13. The van der Waals surface area contributed by atoms with E-state index in [9.17, 15) is 5.11 Å². The predicted octanol–water partition coefficient (Wildman–Crippen LogP) is 4.14. The molecule has 7 heteroatoms. The third-order valence-corrected chi connectivity index (χ3v) is 5.31. The highest BCUT2D eigenvalue weighted by Crippen LogP contribution is 2.27. The third-order valence-electron chi connectivity index (χ3n) is 4.20. The molecule has 0 saturated carbocycles. The first-order chi connectivity index (χ1) is 14.1. The molecule has 0 aliphatic heterocycles. The highest BCUT2D eigenvalue weighted by molar-refractivity contribution is 7.99. The number of hydrogen-bond acceptors (Lipinski definition) is 6. The molecule has 0 amide bonds. The lowest BCUT2D eigenvalue weighted by Gasteiger charge is -2.14. The second kappa shape index (κ2) is 10.3. The van der Waals surface area contributed by atoms with Gasteiger partial charge in [0.05, 0.1) is 13.2 Å². The number of aliphatic hydroxyl groups excluding tert-OH is 1. The van der Waals surface area contributed by atoms with E-state index in [1.807, 2.05) is 54.6 Å². The molecule has 29 heavy (non-hydrogen) atoms. The molecule has 0 radical (unpaired) electrons. The molecule has 3 rings (SSSR count). The zero-order valence-electron chi connectivity index (χ0n) is 17.0. The maximum absolute atomic E-state index is 10.3. The summed E-state index contributed by atoms with van der Waals surface area (Å²) in [5.41, 5.74) is 0.985. The van der Waals surface area contributed by atoms with Gasteiger partial charge in [-0.2, -0.15) is 0 Å². The first kappa shape index (κ1) is 21.2. The molecule has 3 aromatic rings. The van der Waals surface area contributed by atoms with E-state index in [0.717, 1.165) is 34.6 Å². The SMILES string of the molecule is COc1ccc(-c2nnc(SC[C@H](O)COc3ccccc3)n2CC(C)C)cc1. The van der Waals surface area contributed by atoms with Gasteiger partial charge in [-0.15, -0.1) is 10.2 Å². The van der Waals surface area contributed by atoms with Gasteiger partial charge in [0.1, 0.15) is 18.1 Å². The van der Waals surface area contributed by atoms with Gasteiger partial charge in [0.15, 0.2) is 11.0 Å². The zero-order valence-corrected chi connectivity index (χ0v) is 17.8. The molecule has 1 atom stereocenters. The topological polar surface area (TPSA) is 69.4 Å². The molecule has 0 saturated heterocycles. The lowest BCUT2D eigenvalue weighted by atomic mass is 10.2. The average molecular weight is 414 g/mol. The summed E-state index contributed by atoms with van der Waals surface area (Å²) >= 11 is 1.49. The number of thioether (sulfide) groups is 1. The molecule has 2 aromatic carbocycles. The Morgan fingerprint density at radius 1 is 1.00 bits per heavy atom. The zero-order chi connectivity index (χ0) is 20.6. The maximum atomic E-state index is 10.3. The smallest absolute Gasteiger partial charge is 0.191 e. The summed E-state index contributed by atoms with van der Waals surface area (Å²) < 4.78 is 13.0. The van der Waals surface area contributed by atoms with Gasteiger partial charge in [-0.3, -0.25) is 0 Å². The highest BCUT2D eigenvalue weighted by atomic mass is 32.2. The number of methoxy groups -OCH3 is 1. The van der Waals surface area contributed by atoms with E-state index in [4.69, 9.17) is 9.47 Å². The van der Waals surface area contributed by atoms with Crippen molar-refractivity contribution in [3.05, 3.63) is 54.6 Å². The van der Waals surface area contributed by atoms with Gasteiger partial charge in [0, 0.05) is 17.9 Å². The van der Waals surface area contributed by atoms with Crippen LogP contribution in [-0.4, -0.2) is 45.4 Å². The van der Waals surface area contributed by atoms with Gasteiger partial charge >= 0.3 is 0 Å². The van der Waals surface area contributed by atoms with Gasteiger partial charge < -0.3 is 19.1 Å². The molecular weight excluding hydrogens is 386 g/mol. The van der Waals surface area contributed by atoms with Crippen LogP contribution in [0.1, 0.15) is 13.8 Å². The van der Waals surface area contributed by atoms with Crippen LogP contribution in [0.2, 0.25) is 0 Å². The number of hydrogen-bond donors (Lipinski definition) is 1. The fraction of sp³-hybridized carbons (Fsp3) is 0.364. The Labute approximate surface area is 175 Å². The van der Waals surface area contributed by atoms with Crippen LogP contribution in [0.4, 0.5) is 0 Å². The minimum atomic E-state index is -0.603. The first-order valence-corrected chi connectivity index (χ1v) is 10.6. The fourth-order valence-corrected chi connectivity index (χ4v) is 3.66. The van der Waals surface area contributed by atoms with Crippen LogP contribution in [0.3, 0.4) is 0 Å². The van der Waals surface area contributed by atoms with Crippen molar-refractivity contribution in [1.29, 1.82) is 0 Å². The summed E-state index contributed by atoms with van der Waals surface area (Å²) in [5, 5.41) is 19.9. The Hall–Kier alpha value is -2.51. The molecule has 0 spiro atoms. The summed E-state index contributed by atoms with van der Waals surface area (Å²) in [4.78, 5) is 0. The molecule has 0 fully saturated rings. The number of rotatable bonds is 10. The first-order valence-electron chi connectivity index (χ1n) is 9.63. The van der Waals surface area contributed by atoms with Gasteiger partial charge in [-0.05, 0) is 42.3 Å². The number of aromatic nitrogens is 3. The highest BCUT2D eigenvalue weighted by Gasteiger charge is 2.17. The quantitative estimate of drug-likeness (QED) is 0.504. The van der Waals surface area contributed by atoms with Crippen molar-refractivity contribution in [2.24, 2.45) is 5.92 Å². The Morgan fingerprint density at radius 2 is 1.72 bits per heavy atom. The van der Waals surface area contributed by atoms with Crippen LogP contribution in [0.15, 0.2) is 59.8 Å². The Morgan fingerprint density at radius 3 is 2.38 bits per heavy atom. The number of aliphatic hydroxyl groups is 1. The van der Waals surface area contributed by atoms with E-state index in [2.05, 4.69) is 28.6 Å². The van der Waals surface area contributed by atoms with Crippen molar-refractivity contribution in [2.75, 3.05) is 19.5 Å². The van der Waals surface area contributed by atoms with E-state index in [-0.39, 0.29) is 6.61 Å².